The Morgan fingerprint density at radius 1 is 1.30 bits per heavy atom. The van der Waals surface area contributed by atoms with Crippen LogP contribution in [-0.2, 0) is 0 Å². The molecule has 1 aromatic carbocycles. The van der Waals surface area contributed by atoms with Crippen LogP contribution in [0.5, 0.6) is 5.75 Å². The molecule has 1 saturated heterocycles. The van der Waals surface area contributed by atoms with E-state index in [1.807, 2.05) is 30.3 Å². The van der Waals surface area contributed by atoms with E-state index in [1.54, 1.807) is 11.9 Å². The van der Waals surface area contributed by atoms with Crippen molar-refractivity contribution in [3.05, 3.63) is 42.2 Å². The van der Waals surface area contributed by atoms with Crippen LogP contribution in [0.15, 0.2) is 36.5 Å². The maximum absolute atomic E-state index is 12.6. The molecule has 1 aliphatic rings. The van der Waals surface area contributed by atoms with Crippen molar-refractivity contribution >= 4 is 18.3 Å². The van der Waals surface area contributed by atoms with Crippen LogP contribution in [-0.4, -0.2) is 51.9 Å². The van der Waals surface area contributed by atoms with Crippen LogP contribution in [0.4, 0.5) is 0 Å². The fourth-order valence-electron chi connectivity index (χ4n) is 2.76. The van der Waals surface area contributed by atoms with Crippen LogP contribution in [0.1, 0.15) is 23.3 Å². The van der Waals surface area contributed by atoms with Crippen LogP contribution in [0.3, 0.4) is 0 Å². The summed E-state index contributed by atoms with van der Waals surface area (Å²) in [5, 5.41) is 17.6. The number of rotatable bonds is 3. The molecule has 0 aliphatic carbocycles. The van der Waals surface area contributed by atoms with E-state index in [4.69, 9.17) is 0 Å². The van der Waals surface area contributed by atoms with E-state index < -0.39 is 0 Å². The molecule has 1 amide bonds. The molecule has 2 heterocycles. The molecule has 2 N–H and O–H groups in total. The number of aromatic hydroxyl groups is 1. The summed E-state index contributed by atoms with van der Waals surface area (Å²) in [6, 6.07) is 9.61. The minimum Gasteiger partial charge on any atom is -0.504 e. The van der Waals surface area contributed by atoms with Gasteiger partial charge < -0.3 is 15.3 Å². The molecule has 0 saturated carbocycles. The molecule has 0 radical (unpaired) electrons. The highest BCUT2D eigenvalue weighted by Crippen LogP contribution is 2.21. The van der Waals surface area contributed by atoms with Gasteiger partial charge >= 0.3 is 0 Å². The first kappa shape index (κ1) is 17.3. The molecule has 0 bridgehead atoms. The molecule has 124 valence electrons. The highest BCUT2D eigenvalue weighted by Gasteiger charge is 2.26. The number of amides is 1. The zero-order valence-electron chi connectivity index (χ0n) is 13.0. The lowest BCUT2D eigenvalue weighted by atomic mass is 10.1. The molecule has 1 aliphatic heterocycles. The van der Waals surface area contributed by atoms with E-state index in [0.29, 0.717) is 0 Å². The van der Waals surface area contributed by atoms with E-state index in [-0.39, 0.29) is 35.8 Å². The lowest BCUT2D eigenvalue weighted by Gasteiger charge is -2.31. The number of piperidine rings is 1. The van der Waals surface area contributed by atoms with Gasteiger partial charge in [-0.15, -0.1) is 12.4 Å². The topological polar surface area (TPSA) is 70.4 Å². The molecule has 2 aromatic rings. The number of carbonyl (C=O) groups excluding carboxylic acids is 1. The van der Waals surface area contributed by atoms with Crippen molar-refractivity contribution in [1.29, 1.82) is 0 Å². The first-order chi connectivity index (χ1) is 10.7. The second-order valence-electron chi connectivity index (χ2n) is 5.54. The SMILES string of the molecule is CN(C(=O)c1nn(-c2ccccc2)cc1O)C1CCNCC1.Cl. The van der Waals surface area contributed by atoms with Gasteiger partial charge in [0, 0.05) is 13.1 Å². The Labute approximate surface area is 141 Å². The van der Waals surface area contributed by atoms with Crippen molar-refractivity contribution in [2.24, 2.45) is 0 Å². The fourth-order valence-corrected chi connectivity index (χ4v) is 2.76. The van der Waals surface area contributed by atoms with Gasteiger partial charge in [0.15, 0.2) is 11.4 Å². The number of nitrogens with zero attached hydrogens (tertiary/aromatic N) is 3. The number of halogens is 1. The normalized spacial score (nSPS) is 15.0. The van der Waals surface area contributed by atoms with Gasteiger partial charge in [0.25, 0.3) is 5.91 Å². The number of nitrogens with one attached hydrogen (secondary N) is 1. The lowest BCUT2D eigenvalue weighted by Crippen LogP contribution is -2.44. The molecule has 6 nitrogen and oxygen atoms in total. The van der Waals surface area contributed by atoms with Gasteiger partial charge in [0.2, 0.25) is 0 Å². The summed E-state index contributed by atoms with van der Waals surface area (Å²) >= 11 is 0. The summed E-state index contributed by atoms with van der Waals surface area (Å²) in [4.78, 5) is 14.3. The van der Waals surface area contributed by atoms with Gasteiger partial charge in [-0.2, -0.15) is 5.10 Å². The summed E-state index contributed by atoms with van der Waals surface area (Å²) < 4.78 is 1.53. The summed E-state index contributed by atoms with van der Waals surface area (Å²) in [6.45, 7) is 1.82. The Hall–Kier alpha value is -2.05. The minimum atomic E-state index is -0.237. The van der Waals surface area contributed by atoms with E-state index >= 15 is 0 Å². The van der Waals surface area contributed by atoms with Crippen LogP contribution in [0.2, 0.25) is 0 Å². The molecular weight excluding hydrogens is 316 g/mol. The van der Waals surface area contributed by atoms with Crippen molar-refractivity contribution in [1.82, 2.24) is 20.0 Å². The van der Waals surface area contributed by atoms with Crippen molar-refractivity contribution in [2.45, 2.75) is 18.9 Å². The Morgan fingerprint density at radius 3 is 2.61 bits per heavy atom. The van der Waals surface area contributed by atoms with Crippen molar-refractivity contribution in [2.75, 3.05) is 20.1 Å². The number of benzene rings is 1. The number of hydrogen-bond acceptors (Lipinski definition) is 4. The third-order valence-electron chi connectivity index (χ3n) is 4.09. The van der Waals surface area contributed by atoms with Gasteiger partial charge in [-0.05, 0) is 38.1 Å². The Morgan fingerprint density at radius 2 is 1.96 bits per heavy atom. The van der Waals surface area contributed by atoms with Gasteiger partial charge in [-0.3, -0.25) is 4.79 Å². The molecular formula is C16H21ClN4O2. The summed E-state index contributed by atoms with van der Waals surface area (Å²) in [7, 11) is 1.78. The average molecular weight is 337 g/mol. The number of carbonyl (C=O) groups is 1. The second kappa shape index (κ2) is 7.48. The van der Waals surface area contributed by atoms with Crippen molar-refractivity contribution < 1.29 is 9.90 Å². The average Bonchev–Trinajstić information content (AvgIpc) is 2.97. The molecule has 0 atom stereocenters. The van der Waals surface area contributed by atoms with Crippen molar-refractivity contribution in [3.63, 3.8) is 0 Å². The molecule has 23 heavy (non-hydrogen) atoms. The first-order valence-electron chi connectivity index (χ1n) is 7.49. The van der Waals surface area contributed by atoms with Gasteiger partial charge in [-0.1, -0.05) is 18.2 Å². The zero-order chi connectivity index (χ0) is 15.5. The quantitative estimate of drug-likeness (QED) is 0.897. The number of aromatic nitrogens is 2. The highest BCUT2D eigenvalue weighted by molar-refractivity contribution is 5.94. The predicted octanol–water partition coefficient (Wildman–Crippen LogP) is 1.82. The van der Waals surface area contributed by atoms with Crippen LogP contribution in [0.25, 0.3) is 5.69 Å². The summed E-state index contributed by atoms with van der Waals surface area (Å²) in [6.07, 6.45) is 3.31. The van der Waals surface area contributed by atoms with Gasteiger partial charge in [-0.25, -0.2) is 4.68 Å². The molecule has 3 rings (SSSR count). The lowest BCUT2D eigenvalue weighted by molar-refractivity contribution is 0.0694. The van der Waals surface area contributed by atoms with Crippen molar-refractivity contribution in [3.8, 4) is 11.4 Å². The third kappa shape index (κ3) is 3.65. The Bertz CT molecular complexity index is 653. The third-order valence-corrected chi connectivity index (χ3v) is 4.09. The van der Waals surface area contributed by atoms with E-state index in [2.05, 4.69) is 10.4 Å². The number of para-hydroxylation sites is 1. The Kier molecular flexibility index (Phi) is 5.63. The minimum absolute atomic E-state index is 0. The van der Waals surface area contributed by atoms with Crippen LogP contribution < -0.4 is 5.32 Å². The monoisotopic (exact) mass is 336 g/mol. The first-order valence-corrected chi connectivity index (χ1v) is 7.49. The molecule has 0 spiro atoms. The predicted molar refractivity (Wildman–Crippen MR) is 90.5 cm³/mol. The van der Waals surface area contributed by atoms with Crippen LogP contribution >= 0.6 is 12.4 Å². The maximum atomic E-state index is 12.6. The molecule has 1 aromatic heterocycles. The molecule has 7 heteroatoms. The maximum Gasteiger partial charge on any atom is 0.278 e. The Balaban J connectivity index is 0.00000192. The molecule has 1 fully saturated rings. The van der Waals surface area contributed by atoms with E-state index in [1.165, 1.54) is 10.9 Å². The summed E-state index contributed by atoms with van der Waals surface area (Å²) in [5.74, 6) is -0.325. The fraction of sp³-hybridized carbons (Fsp3) is 0.375. The van der Waals surface area contributed by atoms with E-state index in [9.17, 15) is 9.90 Å². The number of hydrogen-bond donors (Lipinski definition) is 2. The zero-order valence-corrected chi connectivity index (χ0v) is 13.8. The standard InChI is InChI=1S/C16H20N4O2.ClH/c1-19(12-7-9-17-10-8-12)16(22)15-14(21)11-20(18-15)13-5-3-2-4-6-13;/h2-6,11-12,17,21H,7-10H2,1H3;1H. The second-order valence-corrected chi connectivity index (χ2v) is 5.54. The largest absolute Gasteiger partial charge is 0.504 e. The van der Waals surface area contributed by atoms with Gasteiger partial charge in [0.05, 0.1) is 11.9 Å². The van der Waals surface area contributed by atoms with Crippen LogP contribution in [0, 0.1) is 0 Å². The highest BCUT2D eigenvalue weighted by atomic mass is 35.5. The van der Waals surface area contributed by atoms with Gasteiger partial charge in [0.1, 0.15) is 0 Å². The smallest absolute Gasteiger partial charge is 0.278 e. The summed E-state index contributed by atoms with van der Waals surface area (Å²) in [5.41, 5.74) is 0.909. The molecule has 0 unspecified atom stereocenters. The van der Waals surface area contributed by atoms with E-state index in [0.717, 1.165) is 31.6 Å².